The van der Waals surface area contributed by atoms with Gasteiger partial charge < -0.3 is 0 Å². The summed E-state index contributed by atoms with van der Waals surface area (Å²) in [4.78, 5) is 9.75. The number of hydroxylamine groups is 1. The Labute approximate surface area is 93.9 Å². The van der Waals surface area contributed by atoms with Crippen molar-refractivity contribution in [1.29, 1.82) is 0 Å². The van der Waals surface area contributed by atoms with E-state index in [1.807, 2.05) is 17.3 Å². The highest BCUT2D eigenvalue weighted by molar-refractivity contribution is 5.93. The van der Waals surface area contributed by atoms with Crippen molar-refractivity contribution >= 4 is 22.7 Å². The van der Waals surface area contributed by atoms with Crippen LogP contribution in [0.4, 0.5) is 5.69 Å². The summed E-state index contributed by atoms with van der Waals surface area (Å²) in [5.74, 6) is 0. The fourth-order valence-corrected chi connectivity index (χ4v) is 2.08. The summed E-state index contributed by atoms with van der Waals surface area (Å²) in [5, 5.41) is 3.02. The Balaban J connectivity index is 2.31. The monoisotopic (exact) mass is 212 g/mol. The minimum atomic E-state index is 0.780. The van der Waals surface area contributed by atoms with Crippen molar-refractivity contribution in [2.45, 2.75) is 0 Å². The van der Waals surface area contributed by atoms with E-state index in [0.717, 1.165) is 28.7 Å². The van der Waals surface area contributed by atoms with Crippen molar-refractivity contribution < 1.29 is 4.84 Å². The van der Waals surface area contributed by atoms with E-state index in [1.54, 1.807) is 7.11 Å². The minimum Gasteiger partial charge on any atom is -0.276 e. The van der Waals surface area contributed by atoms with E-state index in [1.165, 1.54) is 0 Å². The lowest BCUT2D eigenvalue weighted by molar-refractivity contribution is 0.174. The molecule has 0 atom stereocenters. The fraction of sp³-hybridized carbons (Fsp3) is 0.154. The van der Waals surface area contributed by atoms with E-state index in [9.17, 15) is 0 Å². The Bertz CT molecular complexity index is 563. The summed E-state index contributed by atoms with van der Waals surface area (Å²) in [6.45, 7) is 0.780. The Morgan fingerprint density at radius 2 is 2.25 bits per heavy atom. The van der Waals surface area contributed by atoms with Gasteiger partial charge >= 0.3 is 0 Å². The van der Waals surface area contributed by atoms with Gasteiger partial charge in [0.25, 0.3) is 0 Å². The van der Waals surface area contributed by atoms with Crippen LogP contribution in [0.3, 0.4) is 0 Å². The SMILES string of the molecule is CON1CC=Cc2c1ccc1cccnc21. The molecular formula is C13H12N2O. The van der Waals surface area contributed by atoms with Crippen molar-refractivity contribution in [2.75, 3.05) is 18.7 Å². The number of fused-ring (bicyclic) bond motifs is 3. The van der Waals surface area contributed by atoms with Gasteiger partial charge in [0.2, 0.25) is 0 Å². The predicted molar refractivity (Wildman–Crippen MR) is 65.1 cm³/mol. The van der Waals surface area contributed by atoms with Gasteiger partial charge in [0, 0.05) is 17.1 Å². The van der Waals surface area contributed by atoms with Gasteiger partial charge in [-0.3, -0.25) is 9.82 Å². The Morgan fingerprint density at radius 1 is 1.31 bits per heavy atom. The van der Waals surface area contributed by atoms with Gasteiger partial charge in [-0.1, -0.05) is 24.3 Å². The number of hydrogen-bond donors (Lipinski definition) is 0. The quantitative estimate of drug-likeness (QED) is 0.726. The van der Waals surface area contributed by atoms with Crippen LogP contribution in [0.15, 0.2) is 36.5 Å². The number of pyridine rings is 1. The topological polar surface area (TPSA) is 25.4 Å². The third kappa shape index (κ3) is 1.29. The maximum atomic E-state index is 5.32. The molecule has 3 rings (SSSR count). The molecule has 1 aromatic heterocycles. The molecule has 2 aromatic rings. The fourth-order valence-electron chi connectivity index (χ4n) is 2.08. The van der Waals surface area contributed by atoms with E-state index >= 15 is 0 Å². The highest BCUT2D eigenvalue weighted by Gasteiger charge is 2.15. The lowest BCUT2D eigenvalue weighted by atomic mass is 10.0. The average Bonchev–Trinajstić information content (AvgIpc) is 2.37. The maximum absolute atomic E-state index is 5.32. The maximum Gasteiger partial charge on any atom is 0.0795 e. The van der Waals surface area contributed by atoms with Crippen LogP contribution < -0.4 is 5.06 Å². The van der Waals surface area contributed by atoms with Gasteiger partial charge in [0.05, 0.1) is 24.9 Å². The lowest BCUT2D eigenvalue weighted by Crippen LogP contribution is -2.24. The van der Waals surface area contributed by atoms with Gasteiger partial charge in [-0.25, -0.2) is 5.06 Å². The number of hydrogen-bond acceptors (Lipinski definition) is 3. The number of anilines is 1. The van der Waals surface area contributed by atoms with E-state index in [-0.39, 0.29) is 0 Å². The first-order valence-electron chi connectivity index (χ1n) is 5.26. The standard InChI is InChI=1S/C13H12N2O/c1-16-15-9-3-5-11-12(15)7-6-10-4-2-8-14-13(10)11/h2-8H,9H2,1H3. The second-order valence-electron chi connectivity index (χ2n) is 3.72. The first-order valence-corrected chi connectivity index (χ1v) is 5.26. The molecule has 0 saturated carbocycles. The molecule has 0 aliphatic carbocycles. The van der Waals surface area contributed by atoms with Crippen LogP contribution in [0.5, 0.6) is 0 Å². The molecule has 1 aromatic carbocycles. The van der Waals surface area contributed by atoms with Gasteiger partial charge in [-0.2, -0.15) is 0 Å². The number of benzene rings is 1. The first-order chi connectivity index (χ1) is 7.90. The summed E-state index contributed by atoms with van der Waals surface area (Å²) in [6, 6.07) is 8.18. The Kier molecular flexibility index (Phi) is 2.11. The molecule has 1 aliphatic rings. The highest BCUT2D eigenvalue weighted by Crippen LogP contribution is 2.31. The molecule has 0 radical (unpaired) electrons. The minimum absolute atomic E-state index is 0.780. The Hall–Kier alpha value is -1.87. The second-order valence-corrected chi connectivity index (χ2v) is 3.72. The van der Waals surface area contributed by atoms with Crippen LogP contribution in [-0.2, 0) is 4.84 Å². The van der Waals surface area contributed by atoms with Crippen LogP contribution in [0, 0.1) is 0 Å². The van der Waals surface area contributed by atoms with Gasteiger partial charge in [-0.15, -0.1) is 0 Å². The molecule has 1 aliphatic heterocycles. The lowest BCUT2D eigenvalue weighted by Gasteiger charge is -2.25. The van der Waals surface area contributed by atoms with Gasteiger partial charge in [0.15, 0.2) is 0 Å². The molecule has 2 heterocycles. The number of aromatic nitrogens is 1. The second kappa shape index (κ2) is 3.61. The van der Waals surface area contributed by atoms with Crippen LogP contribution in [-0.4, -0.2) is 18.6 Å². The van der Waals surface area contributed by atoms with Crippen molar-refractivity contribution in [2.24, 2.45) is 0 Å². The molecule has 0 amide bonds. The van der Waals surface area contributed by atoms with E-state index in [2.05, 4.69) is 35.3 Å². The summed E-state index contributed by atoms with van der Waals surface area (Å²) >= 11 is 0. The molecule has 0 N–H and O–H groups in total. The first kappa shape index (κ1) is 9.36. The smallest absolute Gasteiger partial charge is 0.0795 e. The molecule has 0 bridgehead atoms. The number of rotatable bonds is 1. The van der Waals surface area contributed by atoms with Crippen LogP contribution >= 0.6 is 0 Å². The molecule has 0 unspecified atom stereocenters. The zero-order chi connectivity index (χ0) is 11.0. The van der Waals surface area contributed by atoms with Crippen LogP contribution in [0.2, 0.25) is 0 Å². The molecule has 0 spiro atoms. The van der Waals surface area contributed by atoms with Crippen LogP contribution in [0.1, 0.15) is 5.56 Å². The molecule has 0 saturated heterocycles. The van der Waals surface area contributed by atoms with Gasteiger partial charge in [0.1, 0.15) is 0 Å². The van der Waals surface area contributed by atoms with Crippen molar-refractivity contribution in [3.8, 4) is 0 Å². The summed E-state index contributed by atoms with van der Waals surface area (Å²) in [7, 11) is 1.69. The zero-order valence-corrected chi connectivity index (χ0v) is 9.05. The van der Waals surface area contributed by atoms with E-state index < -0.39 is 0 Å². The normalized spacial score (nSPS) is 14.2. The predicted octanol–water partition coefficient (Wildman–Crippen LogP) is 2.63. The van der Waals surface area contributed by atoms with Crippen molar-refractivity contribution in [1.82, 2.24) is 4.98 Å². The highest BCUT2D eigenvalue weighted by atomic mass is 16.7. The summed E-state index contributed by atoms with van der Waals surface area (Å²) < 4.78 is 0. The molecule has 3 heteroatoms. The van der Waals surface area contributed by atoms with Crippen molar-refractivity contribution in [3.05, 3.63) is 42.1 Å². The average molecular weight is 212 g/mol. The molecule has 16 heavy (non-hydrogen) atoms. The third-order valence-electron chi connectivity index (χ3n) is 2.84. The van der Waals surface area contributed by atoms with Crippen molar-refractivity contribution in [3.63, 3.8) is 0 Å². The molecule has 0 fully saturated rings. The zero-order valence-electron chi connectivity index (χ0n) is 9.05. The molecule has 3 nitrogen and oxygen atoms in total. The largest absolute Gasteiger partial charge is 0.276 e. The summed E-state index contributed by atoms with van der Waals surface area (Å²) in [6.07, 6.45) is 6.02. The summed E-state index contributed by atoms with van der Waals surface area (Å²) in [5.41, 5.74) is 3.24. The van der Waals surface area contributed by atoms with Gasteiger partial charge in [-0.05, 0) is 12.1 Å². The van der Waals surface area contributed by atoms with E-state index in [4.69, 9.17) is 4.84 Å². The van der Waals surface area contributed by atoms with Crippen LogP contribution in [0.25, 0.3) is 17.0 Å². The third-order valence-corrected chi connectivity index (χ3v) is 2.84. The number of nitrogens with zero attached hydrogens (tertiary/aromatic N) is 2. The molecular weight excluding hydrogens is 200 g/mol. The van der Waals surface area contributed by atoms with E-state index in [0.29, 0.717) is 0 Å². The Morgan fingerprint density at radius 3 is 3.12 bits per heavy atom. The molecule has 80 valence electrons.